The Morgan fingerprint density at radius 1 is 1.33 bits per heavy atom. The SMILES string of the molecule is COc1ccccc1C1C=CNCC1.Cl. The average molecular weight is 226 g/mol. The molecule has 1 atom stereocenters. The quantitative estimate of drug-likeness (QED) is 0.836. The lowest BCUT2D eigenvalue weighted by molar-refractivity contribution is 0.406. The van der Waals surface area contributed by atoms with Crippen LogP contribution < -0.4 is 10.1 Å². The number of hydrogen-bond acceptors (Lipinski definition) is 2. The Hall–Kier alpha value is -1.15. The van der Waals surface area contributed by atoms with Gasteiger partial charge >= 0.3 is 0 Å². The third-order valence-electron chi connectivity index (χ3n) is 2.58. The summed E-state index contributed by atoms with van der Waals surface area (Å²) < 4.78 is 5.34. The number of rotatable bonds is 2. The van der Waals surface area contributed by atoms with E-state index in [9.17, 15) is 0 Å². The number of benzene rings is 1. The number of nitrogens with one attached hydrogen (secondary N) is 1. The highest BCUT2D eigenvalue weighted by molar-refractivity contribution is 5.85. The molecular weight excluding hydrogens is 210 g/mol. The van der Waals surface area contributed by atoms with Gasteiger partial charge in [0, 0.05) is 18.0 Å². The van der Waals surface area contributed by atoms with Crippen LogP contribution in [0.15, 0.2) is 36.5 Å². The maximum atomic E-state index is 5.34. The molecule has 15 heavy (non-hydrogen) atoms. The minimum Gasteiger partial charge on any atom is -0.496 e. The zero-order chi connectivity index (χ0) is 9.80. The smallest absolute Gasteiger partial charge is 0.122 e. The number of halogens is 1. The van der Waals surface area contributed by atoms with E-state index in [0.29, 0.717) is 5.92 Å². The molecule has 0 saturated heterocycles. The van der Waals surface area contributed by atoms with E-state index in [1.807, 2.05) is 18.3 Å². The van der Waals surface area contributed by atoms with Gasteiger partial charge in [-0.1, -0.05) is 24.3 Å². The molecule has 0 aromatic heterocycles. The van der Waals surface area contributed by atoms with Gasteiger partial charge in [0.2, 0.25) is 0 Å². The lowest BCUT2D eigenvalue weighted by Gasteiger charge is -2.19. The topological polar surface area (TPSA) is 21.3 Å². The maximum absolute atomic E-state index is 5.34. The second-order valence-corrected chi connectivity index (χ2v) is 3.45. The van der Waals surface area contributed by atoms with E-state index in [-0.39, 0.29) is 12.4 Å². The molecule has 0 radical (unpaired) electrons. The fourth-order valence-electron chi connectivity index (χ4n) is 1.83. The molecule has 2 rings (SSSR count). The molecular formula is C12H16ClNO. The van der Waals surface area contributed by atoms with Gasteiger partial charge in [0.15, 0.2) is 0 Å². The average Bonchev–Trinajstić information content (AvgIpc) is 2.30. The Balaban J connectivity index is 0.00000112. The van der Waals surface area contributed by atoms with Crippen molar-refractivity contribution in [3.63, 3.8) is 0 Å². The van der Waals surface area contributed by atoms with E-state index in [4.69, 9.17) is 4.74 Å². The van der Waals surface area contributed by atoms with Crippen molar-refractivity contribution < 1.29 is 4.74 Å². The van der Waals surface area contributed by atoms with Gasteiger partial charge in [0.1, 0.15) is 5.75 Å². The number of allylic oxidation sites excluding steroid dienone is 1. The largest absolute Gasteiger partial charge is 0.496 e. The van der Waals surface area contributed by atoms with Crippen molar-refractivity contribution in [1.29, 1.82) is 0 Å². The van der Waals surface area contributed by atoms with Crippen LogP contribution in [-0.2, 0) is 0 Å². The van der Waals surface area contributed by atoms with Crippen molar-refractivity contribution in [2.45, 2.75) is 12.3 Å². The van der Waals surface area contributed by atoms with Crippen molar-refractivity contribution in [2.24, 2.45) is 0 Å². The van der Waals surface area contributed by atoms with Gasteiger partial charge in [0.25, 0.3) is 0 Å². The van der Waals surface area contributed by atoms with Crippen LogP contribution in [0.25, 0.3) is 0 Å². The molecule has 3 heteroatoms. The Morgan fingerprint density at radius 2 is 2.13 bits per heavy atom. The van der Waals surface area contributed by atoms with Gasteiger partial charge in [-0.15, -0.1) is 12.4 Å². The molecule has 1 aromatic rings. The first-order valence-corrected chi connectivity index (χ1v) is 4.95. The normalized spacial score (nSPS) is 18.9. The standard InChI is InChI=1S/C12H15NO.ClH/c1-14-12-5-3-2-4-11(12)10-6-8-13-9-7-10;/h2-6,8,10,13H,7,9H2,1H3;1H. The molecule has 0 fully saturated rings. The van der Waals surface area contributed by atoms with E-state index in [1.165, 1.54) is 5.56 Å². The monoisotopic (exact) mass is 225 g/mol. The lowest BCUT2D eigenvalue weighted by Crippen LogP contribution is -2.16. The van der Waals surface area contributed by atoms with Gasteiger partial charge in [-0.25, -0.2) is 0 Å². The fourth-order valence-corrected chi connectivity index (χ4v) is 1.83. The minimum atomic E-state index is 0. The Kier molecular flexibility index (Phi) is 4.50. The molecule has 0 bridgehead atoms. The molecule has 1 aliphatic rings. The zero-order valence-corrected chi connectivity index (χ0v) is 9.59. The van der Waals surface area contributed by atoms with Crippen LogP contribution in [0, 0.1) is 0 Å². The molecule has 0 saturated carbocycles. The summed E-state index contributed by atoms with van der Waals surface area (Å²) in [7, 11) is 1.73. The predicted molar refractivity (Wildman–Crippen MR) is 64.7 cm³/mol. The summed E-state index contributed by atoms with van der Waals surface area (Å²) in [6.45, 7) is 1.04. The minimum absolute atomic E-state index is 0. The molecule has 82 valence electrons. The summed E-state index contributed by atoms with van der Waals surface area (Å²) in [6.07, 6.45) is 5.36. The van der Waals surface area contributed by atoms with Gasteiger partial charge < -0.3 is 10.1 Å². The summed E-state index contributed by atoms with van der Waals surface area (Å²) in [4.78, 5) is 0. The van der Waals surface area contributed by atoms with E-state index in [1.54, 1.807) is 7.11 Å². The molecule has 1 aliphatic heterocycles. The first-order chi connectivity index (χ1) is 6.92. The van der Waals surface area contributed by atoms with Crippen molar-refractivity contribution in [1.82, 2.24) is 5.32 Å². The molecule has 1 unspecified atom stereocenters. The molecule has 0 aliphatic carbocycles. The lowest BCUT2D eigenvalue weighted by atomic mass is 9.93. The van der Waals surface area contributed by atoms with Gasteiger partial charge in [-0.05, 0) is 18.7 Å². The van der Waals surface area contributed by atoms with Crippen molar-refractivity contribution >= 4 is 12.4 Å². The number of ether oxygens (including phenoxy) is 1. The summed E-state index contributed by atoms with van der Waals surface area (Å²) in [5.74, 6) is 1.48. The summed E-state index contributed by atoms with van der Waals surface area (Å²) in [5.41, 5.74) is 1.28. The predicted octanol–water partition coefficient (Wildman–Crippen LogP) is 2.71. The molecule has 2 nitrogen and oxygen atoms in total. The van der Waals surface area contributed by atoms with Crippen molar-refractivity contribution in [2.75, 3.05) is 13.7 Å². The summed E-state index contributed by atoms with van der Waals surface area (Å²) in [5, 5.41) is 3.20. The van der Waals surface area contributed by atoms with Gasteiger partial charge in [-0.2, -0.15) is 0 Å². The first kappa shape index (κ1) is 11.9. The second-order valence-electron chi connectivity index (χ2n) is 3.45. The van der Waals surface area contributed by atoms with E-state index < -0.39 is 0 Å². The fraction of sp³-hybridized carbons (Fsp3) is 0.333. The van der Waals surface area contributed by atoms with Crippen molar-refractivity contribution in [3.05, 3.63) is 42.1 Å². The Bertz CT molecular complexity index is 338. The first-order valence-electron chi connectivity index (χ1n) is 4.95. The Morgan fingerprint density at radius 3 is 2.80 bits per heavy atom. The Labute approximate surface area is 96.7 Å². The van der Waals surface area contributed by atoms with Gasteiger partial charge in [0.05, 0.1) is 7.11 Å². The third kappa shape index (κ3) is 2.66. The third-order valence-corrected chi connectivity index (χ3v) is 2.58. The van der Waals surface area contributed by atoms with Crippen molar-refractivity contribution in [3.8, 4) is 5.75 Å². The van der Waals surface area contributed by atoms with E-state index in [2.05, 4.69) is 23.5 Å². The molecule has 1 heterocycles. The van der Waals surface area contributed by atoms with Crippen LogP contribution in [0.5, 0.6) is 5.75 Å². The van der Waals surface area contributed by atoms with Crippen LogP contribution in [0.1, 0.15) is 17.9 Å². The summed E-state index contributed by atoms with van der Waals surface area (Å²) >= 11 is 0. The van der Waals surface area contributed by atoms with Crippen LogP contribution >= 0.6 is 12.4 Å². The van der Waals surface area contributed by atoms with Crippen LogP contribution in [0.3, 0.4) is 0 Å². The van der Waals surface area contributed by atoms with Crippen LogP contribution in [0.4, 0.5) is 0 Å². The van der Waals surface area contributed by atoms with E-state index >= 15 is 0 Å². The van der Waals surface area contributed by atoms with Crippen LogP contribution in [0.2, 0.25) is 0 Å². The summed E-state index contributed by atoms with van der Waals surface area (Å²) in [6, 6.07) is 8.23. The molecule has 0 amide bonds. The number of methoxy groups -OCH3 is 1. The van der Waals surface area contributed by atoms with Crippen LogP contribution in [-0.4, -0.2) is 13.7 Å². The highest BCUT2D eigenvalue weighted by atomic mass is 35.5. The number of hydrogen-bond donors (Lipinski definition) is 1. The molecule has 1 N–H and O–H groups in total. The molecule has 1 aromatic carbocycles. The highest BCUT2D eigenvalue weighted by Gasteiger charge is 2.14. The maximum Gasteiger partial charge on any atom is 0.122 e. The highest BCUT2D eigenvalue weighted by Crippen LogP contribution is 2.30. The number of para-hydroxylation sites is 1. The zero-order valence-electron chi connectivity index (χ0n) is 8.77. The molecule has 0 spiro atoms. The van der Waals surface area contributed by atoms with Gasteiger partial charge in [-0.3, -0.25) is 0 Å². The van der Waals surface area contributed by atoms with E-state index in [0.717, 1.165) is 18.7 Å². The second kappa shape index (κ2) is 5.66.